The molecule has 0 unspecified atom stereocenters. The minimum absolute atomic E-state index is 0.162. The van der Waals surface area contributed by atoms with Crippen LogP contribution >= 0.6 is 0 Å². The van der Waals surface area contributed by atoms with Crippen LogP contribution in [0.5, 0.6) is 0 Å². The van der Waals surface area contributed by atoms with E-state index in [4.69, 9.17) is 0 Å². The van der Waals surface area contributed by atoms with E-state index < -0.39 is 11.8 Å². The molecule has 9 nitrogen and oxygen atoms in total. The molecule has 3 aliphatic rings. The SMILES string of the molecule is O=C(NCC1CCN(c2ncccn2)CC1)C(=O)Nc1cc2c3c(c1)CCN3C(=O)CC2. The molecular weight excluding hydrogens is 408 g/mol. The van der Waals surface area contributed by atoms with Gasteiger partial charge in [-0.2, -0.15) is 0 Å². The summed E-state index contributed by atoms with van der Waals surface area (Å²) < 4.78 is 0. The van der Waals surface area contributed by atoms with Crippen molar-refractivity contribution >= 4 is 35.0 Å². The van der Waals surface area contributed by atoms with E-state index in [0.29, 0.717) is 37.5 Å². The molecule has 1 aromatic carbocycles. The minimum atomic E-state index is -0.658. The smallest absolute Gasteiger partial charge is 0.313 e. The largest absolute Gasteiger partial charge is 0.348 e. The van der Waals surface area contributed by atoms with Gasteiger partial charge in [0.15, 0.2) is 0 Å². The number of carbonyl (C=O) groups excluding carboxylic acids is 3. The van der Waals surface area contributed by atoms with Gasteiger partial charge in [0, 0.05) is 50.7 Å². The van der Waals surface area contributed by atoms with E-state index in [1.807, 2.05) is 17.0 Å². The van der Waals surface area contributed by atoms with Crippen LogP contribution in [-0.4, -0.2) is 53.9 Å². The summed E-state index contributed by atoms with van der Waals surface area (Å²) in [5, 5.41) is 5.51. The van der Waals surface area contributed by atoms with Gasteiger partial charge in [0.1, 0.15) is 0 Å². The molecule has 2 N–H and O–H groups in total. The van der Waals surface area contributed by atoms with Crippen molar-refractivity contribution in [2.75, 3.05) is 41.3 Å². The van der Waals surface area contributed by atoms with Gasteiger partial charge >= 0.3 is 11.8 Å². The highest BCUT2D eigenvalue weighted by molar-refractivity contribution is 6.39. The van der Waals surface area contributed by atoms with Gasteiger partial charge in [-0.15, -0.1) is 0 Å². The number of aromatic nitrogens is 2. The Hall–Kier alpha value is -3.49. The number of hydrogen-bond acceptors (Lipinski definition) is 6. The number of carbonyl (C=O) groups is 3. The van der Waals surface area contributed by atoms with Crippen molar-refractivity contribution in [2.45, 2.75) is 32.1 Å². The summed E-state index contributed by atoms with van der Waals surface area (Å²) in [4.78, 5) is 49.4. The highest BCUT2D eigenvalue weighted by atomic mass is 16.2. The first-order valence-corrected chi connectivity index (χ1v) is 11.2. The number of aryl methyl sites for hydroxylation is 1. The van der Waals surface area contributed by atoms with E-state index in [0.717, 1.165) is 55.1 Å². The summed E-state index contributed by atoms with van der Waals surface area (Å²) in [7, 11) is 0. The molecular formula is C23H26N6O3. The summed E-state index contributed by atoms with van der Waals surface area (Å²) in [6, 6.07) is 5.56. The lowest BCUT2D eigenvalue weighted by molar-refractivity contribution is -0.136. The van der Waals surface area contributed by atoms with Gasteiger partial charge in [0.25, 0.3) is 0 Å². The number of amides is 3. The molecule has 1 aromatic heterocycles. The van der Waals surface area contributed by atoms with Crippen molar-refractivity contribution in [1.29, 1.82) is 0 Å². The molecule has 0 saturated carbocycles. The molecule has 0 atom stereocenters. The molecule has 3 aliphatic heterocycles. The van der Waals surface area contributed by atoms with E-state index in [1.165, 1.54) is 0 Å². The fraction of sp³-hybridized carbons (Fsp3) is 0.435. The van der Waals surface area contributed by atoms with Crippen LogP contribution in [0.25, 0.3) is 0 Å². The van der Waals surface area contributed by atoms with Crippen molar-refractivity contribution < 1.29 is 14.4 Å². The Morgan fingerprint density at radius 3 is 2.44 bits per heavy atom. The maximum atomic E-state index is 12.4. The Kier molecular flexibility index (Phi) is 5.46. The van der Waals surface area contributed by atoms with Gasteiger partial charge in [-0.3, -0.25) is 14.4 Å². The third kappa shape index (κ3) is 4.02. The average molecular weight is 435 g/mol. The number of rotatable bonds is 4. The number of nitrogens with zero attached hydrogens (tertiary/aromatic N) is 4. The van der Waals surface area contributed by atoms with Crippen LogP contribution in [0, 0.1) is 5.92 Å². The Morgan fingerprint density at radius 2 is 1.69 bits per heavy atom. The predicted octanol–water partition coefficient (Wildman–Crippen LogP) is 1.28. The molecule has 3 amide bonds. The maximum absolute atomic E-state index is 12.4. The number of anilines is 3. The first kappa shape index (κ1) is 20.4. The Labute approximate surface area is 186 Å². The van der Waals surface area contributed by atoms with Crippen molar-refractivity contribution in [1.82, 2.24) is 15.3 Å². The molecule has 4 heterocycles. The molecule has 1 fully saturated rings. The van der Waals surface area contributed by atoms with E-state index in [1.54, 1.807) is 18.5 Å². The lowest BCUT2D eigenvalue weighted by Crippen LogP contribution is -2.42. The second-order valence-corrected chi connectivity index (χ2v) is 8.58. The second-order valence-electron chi connectivity index (χ2n) is 8.58. The number of hydrogen-bond donors (Lipinski definition) is 2. The van der Waals surface area contributed by atoms with Gasteiger partial charge in [-0.25, -0.2) is 9.97 Å². The number of piperidine rings is 1. The van der Waals surface area contributed by atoms with Crippen molar-refractivity contribution in [3.8, 4) is 0 Å². The van der Waals surface area contributed by atoms with Crippen LogP contribution < -0.4 is 20.4 Å². The Balaban J connectivity index is 1.12. The number of benzene rings is 1. The standard InChI is InChI=1S/C23H26N6O3/c30-19-3-2-16-12-18(13-17-6-11-29(19)20(16)17)27-22(32)21(31)26-14-15-4-9-28(10-5-15)23-24-7-1-8-25-23/h1,7-8,12-13,15H,2-6,9-11,14H2,(H,26,31)(H,27,32). The first-order valence-electron chi connectivity index (χ1n) is 11.2. The van der Waals surface area contributed by atoms with Crippen molar-refractivity contribution in [3.63, 3.8) is 0 Å². The van der Waals surface area contributed by atoms with E-state index in [9.17, 15) is 14.4 Å². The zero-order valence-corrected chi connectivity index (χ0v) is 17.8. The summed E-state index contributed by atoms with van der Waals surface area (Å²) >= 11 is 0. The third-order valence-corrected chi connectivity index (χ3v) is 6.52. The van der Waals surface area contributed by atoms with Crippen LogP contribution in [0.4, 0.5) is 17.3 Å². The summed E-state index contributed by atoms with van der Waals surface area (Å²) in [5.74, 6) is -0.0664. The highest BCUT2D eigenvalue weighted by Crippen LogP contribution is 2.38. The van der Waals surface area contributed by atoms with Gasteiger partial charge in [0.2, 0.25) is 11.9 Å². The lowest BCUT2D eigenvalue weighted by Gasteiger charge is -2.31. The molecule has 0 spiro atoms. The zero-order chi connectivity index (χ0) is 22.1. The van der Waals surface area contributed by atoms with E-state index in [-0.39, 0.29) is 5.91 Å². The summed E-state index contributed by atoms with van der Waals surface area (Å²) in [6.45, 7) is 2.82. The Bertz CT molecular complexity index is 1050. The molecule has 1 saturated heterocycles. The van der Waals surface area contributed by atoms with Gasteiger partial charge < -0.3 is 20.4 Å². The van der Waals surface area contributed by atoms with Crippen LogP contribution in [-0.2, 0) is 27.2 Å². The molecule has 0 aliphatic carbocycles. The predicted molar refractivity (Wildman–Crippen MR) is 119 cm³/mol. The maximum Gasteiger partial charge on any atom is 0.313 e. The molecule has 0 radical (unpaired) electrons. The van der Waals surface area contributed by atoms with Crippen molar-refractivity contribution in [2.24, 2.45) is 5.92 Å². The van der Waals surface area contributed by atoms with Gasteiger partial charge in [-0.1, -0.05) is 0 Å². The lowest BCUT2D eigenvalue weighted by atomic mass is 9.97. The molecule has 2 aromatic rings. The molecule has 9 heteroatoms. The fourth-order valence-electron chi connectivity index (χ4n) is 4.83. The Morgan fingerprint density at radius 1 is 0.969 bits per heavy atom. The van der Waals surface area contributed by atoms with Crippen LogP contribution in [0.3, 0.4) is 0 Å². The third-order valence-electron chi connectivity index (χ3n) is 6.52. The van der Waals surface area contributed by atoms with Crippen LogP contribution in [0.15, 0.2) is 30.6 Å². The molecule has 5 rings (SSSR count). The summed E-state index contributed by atoms with van der Waals surface area (Å²) in [6.07, 6.45) is 7.21. The van der Waals surface area contributed by atoms with Gasteiger partial charge in [0.05, 0.1) is 5.69 Å². The average Bonchev–Trinajstić information content (AvgIpc) is 3.26. The van der Waals surface area contributed by atoms with Gasteiger partial charge in [-0.05, 0) is 60.9 Å². The first-order chi connectivity index (χ1) is 15.6. The topological polar surface area (TPSA) is 108 Å². The molecule has 166 valence electrons. The highest BCUT2D eigenvalue weighted by Gasteiger charge is 2.31. The van der Waals surface area contributed by atoms with Crippen LogP contribution in [0.2, 0.25) is 0 Å². The quantitative estimate of drug-likeness (QED) is 0.702. The van der Waals surface area contributed by atoms with E-state index in [2.05, 4.69) is 25.5 Å². The monoisotopic (exact) mass is 434 g/mol. The second kappa shape index (κ2) is 8.57. The minimum Gasteiger partial charge on any atom is -0.348 e. The zero-order valence-electron chi connectivity index (χ0n) is 17.8. The summed E-state index contributed by atoms with van der Waals surface area (Å²) in [5.41, 5.74) is 3.73. The van der Waals surface area contributed by atoms with Crippen molar-refractivity contribution in [3.05, 3.63) is 41.7 Å². The number of nitrogens with one attached hydrogen (secondary N) is 2. The van der Waals surface area contributed by atoms with Crippen LogP contribution in [0.1, 0.15) is 30.4 Å². The molecule has 32 heavy (non-hydrogen) atoms. The fourth-order valence-corrected chi connectivity index (χ4v) is 4.83. The van der Waals surface area contributed by atoms with E-state index >= 15 is 0 Å². The normalized spacial score (nSPS) is 17.8. The molecule has 0 bridgehead atoms.